The van der Waals surface area contributed by atoms with E-state index in [1.165, 1.54) is 0 Å². The largest absolute Gasteiger partial charge is 0.507 e. The predicted octanol–water partition coefficient (Wildman–Crippen LogP) is 5.10. The fourth-order valence-electron chi connectivity index (χ4n) is 4.07. The fourth-order valence-corrected chi connectivity index (χ4v) is 4.07. The van der Waals surface area contributed by atoms with Crippen LogP contribution in [0.15, 0.2) is 24.3 Å². The third-order valence-corrected chi connectivity index (χ3v) is 6.51. The van der Waals surface area contributed by atoms with Crippen molar-refractivity contribution in [2.75, 3.05) is 6.61 Å². The number of phenols is 2. The van der Waals surface area contributed by atoms with Crippen LogP contribution >= 0.6 is 0 Å². The van der Waals surface area contributed by atoms with Gasteiger partial charge in [0.05, 0.1) is 12.2 Å². The van der Waals surface area contributed by atoms with Gasteiger partial charge in [-0.1, -0.05) is 41.5 Å². The first-order chi connectivity index (χ1) is 17.4. The quantitative estimate of drug-likeness (QED) is 0.260. The van der Waals surface area contributed by atoms with Gasteiger partial charge in [0, 0.05) is 24.0 Å². The molecule has 0 spiro atoms. The van der Waals surface area contributed by atoms with Gasteiger partial charge < -0.3 is 29.9 Å². The van der Waals surface area contributed by atoms with E-state index < -0.39 is 24.1 Å². The molecule has 2 aromatic carbocycles. The van der Waals surface area contributed by atoms with Gasteiger partial charge in [-0.2, -0.15) is 0 Å². The van der Waals surface area contributed by atoms with Crippen molar-refractivity contribution >= 4 is 11.9 Å². The molecule has 210 valence electrons. The minimum atomic E-state index is -1.68. The number of aliphatic hydroxyl groups is 2. The Morgan fingerprint density at radius 3 is 1.34 bits per heavy atom. The van der Waals surface area contributed by atoms with E-state index in [1.807, 2.05) is 41.5 Å². The molecule has 8 nitrogen and oxygen atoms in total. The maximum absolute atomic E-state index is 12.5. The number of phenolic OH excluding ortho intramolecular Hbond substituents is 2. The summed E-state index contributed by atoms with van der Waals surface area (Å²) in [7, 11) is 0. The smallest absolute Gasteiger partial charge is 0.311 e. The van der Waals surface area contributed by atoms with Crippen molar-refractivity contribution in [2.24, 2.45) is 0 Å². The molecule has 0 radical (unpaired) electrons. The molecular formula is C30H42O8. The second-order valence-corrected chi connectivity index (χ2v) is 12.1. The first kappa shape index (κ1) is 31.1. The van der Waals surface area contributed by atoms with Crippen LogP contribution in [-0.2, 0) is 20.4 Å². The highest BCUT2D eigenvalue weighted by molar-refractivity contribution is 5.74. The van der Waals surface area contributed by atoms with Crippen molar-refractivity contribution in [2.45, 2.75) is 97.5 Å². The lowest BCUT2D eigenvalue weighted by Crippen LogP contribution is -2.35. The summed E-state index contributed by atoms with van der Waals surface area (Å²) in [6.45, 7) is 14.4. The van der Waals surface area contributed by atoms with Crippen LogP contribution in [0.5, 0.6) is 23.0 Å². The molecule has 0 bridgehead atoms. The third kappa shape index (κ3) is 8.20. The minimum Gasteiger partial charge on any atom is -0.507 e. The van der Waals surface area contributed by atoms with Gasteiger partial charge in [0.25, 0.3) is 0 Å². The molecule has 0 aliphatic carbocycles. The zero-order valence-corrected chi connectivity index (χ0v) is 23.8. The Kier molecular flexibility index (Phi) is 9.62. The molecule has 0 aromatic heterocycles. The van der Waals surface area contributed by atoms with Crippen LogP contribution in [0, 0.1) is 13.8 Å². The van der Waals surface area contributed by atoms with Crippen LogP contribution in [0.1, 0.15) is 89.5 Å². The number of esters is 2. The highest BCUT2D eigenvalue weighted by Crippen LogP contribution is 2.37. The molecule has 2 rings (SSSR count). The lowest BCUT2D eigenvalue weighted by molar-refractivity contribution is -0.137. The Bertz CT molecular complexity index is 1080. The Hall–Kier alpha value is -3.10. The van der Waals surface area contributed by atoms with Gasteiger partial charge >= 0.3 is 11.9 Å². The summed E-state index contributed by atoms with van der Waals surface area (Å²) in [4.78, 5) is 25.0. The molecule has 0 saturated carbocycles. The standard InChI is InChI=1S/C30H42O8/c1-18-13-20(15-22(26(18)34)28(3,4)5)37-24(32)9-11-30(36,17-31)12-10-25(33)38-21-14-19(2)27(35)23(16-21)29(6,7)8/h13-16,31,34-36H,9-12,17H2,1-8H3. The summed E-state index contributed by atoms with van der Waals surface area (Å²) in [5.41, 5.74) is 0.0223. The van der Waals surface area contributed by atoms with Crippen molar-refractivity contribution in [1.29, 1.82) is 0 Å². The number of aliphatic hydroxyl groups excluding tert-OH is 1. The van der Waals surface area contributed by atoms with Crippen LogP contribution in [0.3, 0.4) is 0 Å². The van der Waals surface area contributed by atoms with Crippen molar-refractivity contribution in [3.63, 3.8) is 0 Å². The van der Waals surface area contributed by atoms with Gasteiger partial charge in [-0.25, -0.2) is 0 Å². The molecule has 2 aromatic rings. The Balaban J connectivity index is 1.99. The molecular weight excluding hydrogens is 488 g/mol. The highest BCUT2D eigenvalue weighted by Gasteiger charge is 2.29. The van der Waals surface area contributed by atoms with Crippen molar-refractivity contribution in [3.8, 4) is 23.0 Å². The zero-order valence-electron chi connectivity index (χ0n) is 23.8. The van der Waals surface area contributed by atoms with Crippen molar-refractivity contribution in [1.82, 2.24) is 0 Å². The van der Waals surface area contributed by atoms with Crippen LogP contribution in [0.4, 0.5) is 0 Å². The van der Waals surface area contributed by atoms with Gasteiger partial charge in [0.1, 0.15) is 23.0 Å². The molecule has 0 heterocycles. The summed E-state index contributed by atoms with van der Waals surface area (Å²) >= 11 is 0. The summed E-state index contributed by atoms with van der Waals surface area (Å²) in [6, 6.07) is 6.36. The number of rotatable bonds is 9. The molecule has 0 saturated heterocycles. The second-order valence-electron chi connectivity index (χ2n) is 12.1. The van der Waals surface area contributed by atoms with E-state index >= 15 is 0 Å². The van der Waals surface area contributed by atoms with Gasteiger partial charge in [0.2, 0.25) is 0 Å². The first-order valence-electron chi connectivity index (χ1n) is 12.8. The van der Waals surface area contributed by atoms with E-state index in [4.69, 9.17) is 9.47 Å². The Morgan fingerprint density at radius 2 is 1.05 bits per heavy atom. The van der Waals surface area contributed by atoms with Gasteiger partial charge in [-0.05, 0) is 72.9 Å². The average Bonchev–Trinajstić information content (AvgIpc) is 2.79. The number of carbonyl (C=O) groups is 2. The number of hydrogen-bond donors (Lipinski definition) is 4. The maximum Gasteiger partial charge on any atom is 0.311 e. The number of aryl methyl sites for hydroxylation is 2. The molecule has 8 heteroatoms. The maximum atomic E-state index is 12.5. The molecule has 0 aliphatic rings. The third-order valence-electron chi connectivity index (χ3n) is 6.51. The SMILES string of the molecule is Cc1cc(OC(=O)CCC(O)(CO)CCC(=O)Oc2cc(C)c(O)c(C(C)(C)C)c2)cc(C(C)(C)C)c1O. The van der Waals surface area contributed by atoms with E-state index in [9.17, 15) is 30.0 Å². The molecule has 0 fully saturated rings. The summed E-state index contributed by atoms with van der Waals surface area (Å²) in [5, 5.41) is 41.3. The number of aromatic hydroxyl groups is 2. The zero-order chi connectivity index (χ0) is 29.1. The normalized spacial score (nSPS) is 12.4. The fraction of sp³-hybridized carbons (Fsp3) is 0.533. The molecule has 4 N–H and O–H groups in total. The van der Waals surface area contributed by atoms with Crippen molar-refractivity contribution in [3.05, 3.63) is 46.5 Å². The average molecular weight is 531 g/mol. The van der Waals surface area contributed by atoms with E-state index in [0.29, 0.717) is 22.3 Å². The lowest BCUT2D eigenvalue weighted by Gasteiger charge is -2.25. The summed E-state index contributed by atoms with van der Waals surface area (Å²) in [6.07, 6.45) is -0.622. The van der Waals surface area contributed by atoms with Crippen LogP contribution in [0.2, 0.25) is 0 Å². The van der Waals surface area contributed by atoms with E-state index in [2.05, 4.69) is 0 Å². The van der Waals surface area contributed by atoms with Crippen molar-refractivity contribution < 1.29 is 39.5 Å². The van der Waals surface area contributed by atoms with Gasteiger partial charge in [0.15, 0.2) is 0 Å². The number of benzene rings is 2. The molecule has 0 amide bonds. The Morgan fingerprint density at radius 1 is 0.711 bits per heavy atom. The van der Waals surface area contributed by atoms with Crippen LogP contribution < -0.4 is 9.47 Å². The highest BCUT2D eigenvalue weighted by atomic mass is 16.5. The second kappa shape index (κ2) is 11.7. The van der Waals surface area contributed by atoms with Gasteiger partial charge in [-0.15, -0.1) is 0 Å². The number of ether oxygens (including phenoxy) is 2. The van der Waals surface area contributed by atoms with Crippen LogP contribution in [-0.4, -0.2) is 44.6 Å². The number of carbonyl (C=O) groups excluding carboxylic acids is 2. The van der Waals surface area contributed by atoms with E-state index in [-0.39, 0.29) is 59.5 Å². The molecule has 0 aliphatic heterocycles. The van der Waals surface area contributed by atoms with Crippen LogP contribution in [0.25, 0.3) is 0 Å². The summed E-state index contributed by atoms with van der Waals surface area (Å²) in [5.74, 6) is -0.362. The summed E-state index contributed by atoms with van der Waals surface area (Å²) < 4.78 is 10.9. The minimum absolute atomic E-state index is 0.120. The first-order valence-corrected chi connectivity index (χ1v) is 12.8. The topological polar surface area (TPSA) is 134 Å². The molecule has 0 unspecified atom stereocenters. The van der Waals surface area contributed by atoms with E-state index in [1.54, 1.807) is 38.1 Å². The van der Waals surface area contributed by atoms with E-state index in [0.717, 1.165) is 0 Å². The molecule has 38 heavy (non-hydrogen) atoms. The monoisotopic (exact) mass is 530 g/mol. The number of hydrogen-bond acceptors (Lipinski definition) is 8. The Labute approximate surface area is 225 Å². The lowest BCUT2D eigenvalue weighted by atomic mass is 9.85. The molecule has 0 atom stereocenters. The predicted molar refractivity (Wildman–Crippen MR) is 145 cm³/mol. The van der Waals surface area contributed by atoms with Gasteiger partial charge in [-0.3, -0.25) is 9.59 Å².